The molecule has 2 aromatic rings. The maximum Gasteiger partial charge on any atom is 0.262 e. The molecule has 0 spiro atoms. The molecule has 1 N–H and O–H groups in total. The second-order valence-corrected chi connectivity index (χ2v) is 4.47. The van der Waals surface area contributed by atoms with E-state index in [4.69, 9.17) is 4.74 Å². The van der Waals surface area contributed by atoms with Gasteiger partial charge in [-0.25, -0.2) is 0 Å². The lowest BCUT2D eigenvalue weighted by Gasteiger charge is -2.14. The summed E-state index contributed by atoms with van der Waals surface area (Å²) < 4.78 is 5.33. The minimum atomic E-state index is -0.204. The van der Waals surface area contributed by atoms with Crippen molar-refractivity contribution in [2.24, 2.45) is 0 Å². The van der Waals surface area contributed by atoms with Crippen molar-refractivity contribution >= 4 is 17.3 Å². The zero-order valence-electron chi connectivity index (χ0n) is 11.5. The Bertz CT molecular complexity index is 570. The van der Waals surface area contributed by atoms with Crippen molar-refractivity contribution in [2.45, 2.75) is 0 Å². The van der Waals surface area contributed by atoms with E-state index in [0.29, 0.717) is 5.75 Å². The molecule has 0 unspecified atom stereocenters. The van der Waals surface area contributed by atoms with Gasteiger partial charge < -0.3 is 15.0 Å². The topological polar surface area (TPSA) is 54.5 Å². The molecule has 0 radical (unpaired) electrons. The van der Waals surface area contributed by atoms with Gasteiger partial charge in [0.05, 0.1) is 6.20 Å². The number of carbonyl (C=O) groups is 1. The molecule has 0 aliphatic rings. The Morgan fingerprint density at radius 1 is 1.30 bits per heavy atom. The number of benzene rings is 1. The Labute approximate surface area is 118 Å². The number of aromatic nitrogens is 1. The van der Waals surface area contributed by atoms with Gasteiger partial charge in [-0.2, -0.15) is 0 Å². The molecule has 1 heterocycles. The van der Waals surface area contributed by atoms with E-state index in [-0.39, 0.29) is 12.5 Å². The SMILES string of the molecule is CN(C)c1cccc(NC(=O)COc2cccnc2)c1. The predicted octanol–water partition coefficient (Wildman–Crippen LogP) is 2.17. The number of amides is 1. The van der Waals surface area contributed by atoms with Crippen molar-refractivity contribution in [3.63, 3.8) is 0 Å². The maximum absolute atomic E-state index is 11.8. The minimum absolute atomic E-state index is 0.0438. The molecular formula is C15H17N3O2. The van der Waals surface area contributed by atoms with E-state index in [9.17, 15) is 4.79 Å². The van der Waals surface area contributed by atoms with Crippen molar-refractivity contribution in [2.75, 3.05) is 30.9 Å². The average Bonchev–Trinajstić information content (AvgIpc) is 2.46. The highest BCUT2D eigenvalue weighted by atomic mass is 16.5. The lowest BCUT2D eigenvalue weighted by atomic mass is 10.2. The highest BCUT2D eigenvalue weighted by molar-refractivity contribution is 5.92. The van der Waals surface area contributed by atoms with Gasteiger partial charge in [0.1, 0.15) is 5.75 Å². The van der Waals surface area contributed by atoms with Crippen molar-refractivity contribution < 1.29 is 9.53 Å². The minimum Gasteiger partial charge on any atom is -0.482 e. The third-order valence-corrected chi connectivity index (χ3v) is 2.65. The molecule has 0 aliphatic carbocycles. The highest BCUT2D eigenvalue weighted by Gasteiger charge is 2.05. The Kier molecular flexibility index (Phi) is 4.55. The summed E-state index contributed by atoms with van der Waals surface area (Å²) >= 11 is 0. The van der Waals surface area contributed by atoms with Crippen LogP contribution in [-0.2, 0) is 4.79 Å². The first kappa shape index (κ1) is 13.9. The molecule has 0 saturated heterocycles. The fourth-order valence-corrected chi connectivity index (χ4v) is 1.64. The van der Waals surface area contributed by atoms with Gasteiger partial charge in [0.25, 0.3) is 5.91 Å². The number of pyridine rings is 1. The molecule has 1 aromatic heterocycles. The summed E-state index contributed by atoms with van der Waals surface area (Å²) in [5.74, 6) is 0.370. The van der Waals surface area contributed by atoms with Crippen LogP contribution in [0.1, 0.15) is 0 Å². The lowest BCUT2D eigenvalue weighted by Crippen LogP contribution is -2.20. The fraction of sp³-hybridized carbons (Fsp3) is 0.200. The first-order chi connectivity index (χ1) is 9.65. The van der Waals surface area contributed by atoms with E-state index in [1.54, 1.807) is 24.5 Å². The largest absolute Gasteiger partial charge is 0.482 e. The van der Waals surface area contributed by atoms with E-state index in [0.717, 1.165) is 11.4 Å². The number of rotatable bonds is 5. The van der Waals surface area contributed by atoms with Gasteiger partial charge in [0, 0.05) is 31.7 Å². The molecule has 0 bridgehead atoms. The zero-order chi connectivity index (χ0) is 14.4. The van der Waals surface area contributed by atoms with Gasteiger partial charge >= 0.3 is 0 Å². The Balaban J connectivity index is 1.90. The summed E-state index contributed by atoms with van der Waals surface area (Å²) in [4.78, 5) is 17.7. The Morgan fingerprint density at radius 2 is 2.15 bits per heavy atom. The van der Waals surface area contributed by atoms with Gasteiger partial charge in [-0.1, -0.05) is 6.07 Å². The van der Waals surface area contributed by atoms with Gasteiger partial charge in [0.15, 0.2) is 6.61 Å². The van der Waals surface area contributed by atoms with Crippen LogP contribution in [-0.4, -0.2) is 31.6 Å². The van der Waals surface area contributed by atoms with Gasteiger partial charge in [0.2, 0.25) is 0 Å². The van der Waals surface area contributed by atoms with E-state index >= 15 is 0 Å². The second-order valence-electron chi connectivity index (χ2n) is 4.47. The number of carbonyl (C=O) groups excluding carboxylic acids is 1. The molecule has 1 amide bonds. The van der Waals surface area contributed by atoms with Crippen LogP contribution in [0.3, 0.4) is 0 Å². The first-order valence-electron chi connectivity index (χ1n) is 6.25. The summed E-state index contributed by atoms with van der Waals surface area (Å²) in [6.07, 6.45) is 3.22. The second kappa shape index (κ2) is 6.56. The van der Waals surface area contributed by atoms with E-state index in [1.165, 1.54) is 0 Å². The predicted molar refractivity (Wildman–Crippen MR) is 79.1 cm³/mol. The molecule has 0 aliphatic heterocycles. The zero-order valence-corrected chi connectivity index (χ0v) is 11.5. The number of nitrogens with zero attached hydrogens (tertiary/aromatic N) is 2. The Hall–Kier alpha value is -2.56. The van der Waals surface area contributed by atoms with Crippen LogP contribution >= 0.6 is 0 Å². The van der Waals surface area contributed by atoms with Crippen LogP contribution in [0.25, 0.3) is 0 Å². The number of anilines is 2. The third-order valence-electron chi connectivity index (χ3n) is 2.65. The molecule has 20 heavy (non-hydrogen) atoms. The Morgan fingerprint density at radius 3 is 2.85 bits per heavy atom. The van der Waals surface area contributed by atoms with Gasteiger partial charge in [-0.3, -0.25) is 9.78 Å². The summed E-state index contributed by atoms with van der Waals surface area (Å²) in [6, 6.07) is 11.1. The fourth-order valence-electron chi connectivity index (χ4n) is 1.64. The summed E-state index contributed by atoms with van der Waals surface area (Å²) in [5, 5.41) is 2.80. The standard InChI is InChI=1S/C15H17N3O2/c1-18(2)13-6-3-5-12(9-13)17-15(19)11-20-14-7-4-8-16-10-14/h3-10H,11H2,1-2H3,(H,17,19). The van der Waals surface area contributed by atoms with E-state index < -0.39 is 0 Å². The van der Waals surface area contributed by atoms with E-state index in [1.807, 2.05) is 43.3 Å². The molecule has 0 saturated carbocycles. The molecular weight excluding hydrogens is 254 g/mol. The van der Waals surface area contributed by atoms with Gasteiger partial charge in [-0.05, 0) is 30.3 Å². The monoisotopic (exact) mass is 271 g/mol. The molecule has 5 heteroatoms. The number of hydrogen-bond acceptors (Lipinski definition) is 4. The van der Waals surface area contributed by atoms with Crippen LogP contribution in [0.15, 0.2) is 48.8 Å². The average molecular weight is 271 g/mol. The summed E-state index contributed by atoms with van der Waals surface area (Å²) in [6.45, 7) is -0.0438. The number of ether oxygens (including phenoxy) is 1. The molecule has 0 atom stereocenters. The third kappa shape index (κ3) is 3.98. The molecule has 5 nitrogen and oxygen atoms in total. The van der Waals surface area contributed by atoms with Crippen LogP contribution in [0.5, 0.6) is 5.75 Å². The van der Waals surface area contributed by atoms with Crippen molar-refractivity contribution in [1.82, 2.24) is 4.98 Å². The van der Waals surface area contributed by atoms with Crippen LogP contribution in [0.2, 0.25) is 0 Å². The van der Waals surface area contributed by atoms with Gasteiger partial charge in [-0.15, -0.1) is 0 Å². The lowest BCUT2D eigenvalue weighted by molar-refractivity contribution is -0.118. The van der Waals surface area contributed by atoms with Crippen LogP contribution in [0, 0.1) is 0 Å². The molecule has 0 fully saturated rings. The number of nitrogens with one attached hydrogen (secondary N) is 1. The smallest absolute Gasteiger partial charge is 0.262 e. The molecule has 1 aromatic carbocycles. The van der Waals surface area contributed by atoms with Crippen LogP contribution < -0.4 is 15.0 Å². The normalized spacial score (nSPS) is 9.90. The highest BCUT2D eigenvalue weighted by Crippen LogP contribution is 2.17. The molecule has 104 valence electrons. The van der Waals surface area contributed by atoms with Crippen LogP contribution in [0.4, 0.5) is 11.4 Å². The van der Waals surface area contributed by atoms with Crippen molar-refractivity contribution in [3.8, 4) is 5.75 Å². The molecule has 2 rings (SSSR count). The first-order valence-corrected chi connectivity index (χ1v) is 6.25. The van der Waals surface area contributed by atoms with Crippen molar-refractivity contribution in [3.05, 3.63) is 48.8 Å². The summed E-state index contributed by atoms with van der Waals surface area (Å²) in [7, 11) is 3.90. The van der Waals surface area contributed by atoms with Crippen molar-refractivity contribution in [1.29, 1.82) is 0 Å². The maximum atomic E-state index is 11.8. The summed E-state index contributed by atoms with van der Waals surface area (Å²) in [5.41, 5.74) is 1.77. The number of hydrogen-bond donors (Lipinski definition) is 1. The van der Waals surface area contributed by atoms with E-state index in [2.05, 4.69) is 10.3 Å². The quantitative estimate of drug-likeness (QED) is 0.905.